The summed E-state index contributed by atoms with van der Waals surface area (Å²) in [6.45, 7) is 5.28. The molecular weight excluding hydrogens is 220 g/mol. The minimum Gasteiger partial charge on any atom is -0.481 e. The number of rotatable bonds is 3. The average molecular weight is 238 g/mol. The summed E-state index contributed by atoms with van der Waals surface area (Å²) in [5.74, 6) is -1.54. The quantitative estimate of drug-likeness (QED) is 0.605. The maximum atomic E-state index is 12.1. The molecule has 0 atom stereocenters. The van der Waals surface area contributed by atoms with E-state index in [1.807, 2.05) is 0 Å². The Morgan fingerprint density at radius 3 is 2.24 bits per heavy atom. The standard InChI is InChI=1S/C13H18O4/c1-12(2,3)17-11(16)13(9-10(14)15)7-5-4-6-8-13/h5-8H,4,9H2,1-3H3,(H,14,15). The molecule has 0 aromatic heterocycles. The molecule has 0 bridgehead atoms. The van der Waals surface area contributed by atoms with Gasteiger partial charge in [0.15, 0.2) is 0 Å². The van der Waals surface area contributed by atoms with Gasteiger partial charge < -0.3 is 9.84 Å². The number of carboxylic acid groups (broad SMARTS) is 1. The van der Waals surface area contributed by atoms with Crippen LogP contribution in [0.2, 0.25) is 0 Å². The number of hydrogen-bond donors (Lipinski definition) is 1. The second kappa shape index (κ2) is 4.73. The van der Waals surface area contributed by atoms with Crippen molar-refractivity contribution in [3.05, 3.63) is 24.3 Å². The Hall–Kier alpha value is -1.58. The summed E-state index contributed by atoms with van der Waals surface area (Å²) in [5, 5.41) is 8.90. The van der Waals surface area contributed by atoms with Crippen LogP contribution in [-0.2, 0) is 14.3 Å². The van der Waals surface area contributed by atoms with Crippen LogP contribution in [0.3, 0.4) is 0 Å². The van der Waals surface area contributed by atoms with Crippen LogP contribution >= 0.6 is 0 Å². The number of aliphatic carboxylic acids is 1. The van der Waals surface area contributed by atoms with Crippen LogP contribution in [0.25, 0.3) is 0 Å². The van der Waals surface area contributed by atoms with Crippen LogP contribution in [0.1, 0.15) is 33.6 Å². The van der Waals surface area contributed by atoms with Gasteiger partial charge in [-0.1, -0.05) is 24.3 Å². The summed E-state index contributed by atoms with van der Waals surface area (Å²) in [6, 6.07) is 0. The van der Waals surface area contributed by atoms with E-state index >= 15 is 0 Å². The second-order valence-electron chi connectivity index (χ2n) is 5.15. The predicted octanol–water partition coefficient (Wildman–Crippen LogP) is 2.31. The van der Waals surface area contributed by atoms with Gasteiger partial charge in [-0.2, -0.15) is 0 Å². The number of esters is 1. The number of carboxylic acids is 1. The minimum atomic E-state index is -1.16. The van der Waals surface area contributed by atoms with Crippen molar-refractivity contribution in [2.75, 3.05) is 0 Å². The molecule has 0 aromatic carbocycles. The fourth-order valence-corrected chi connectivity index (χ4v) is 1.64. The largest absolute Gasteiger partial charge is 0.481 e. The summed E-state index contributed by atoms with van der Waals surface area (Å²) in [5.41, 5.74) is -1.78. The van der Waals surface area contributed by atoms with Crippen molar-refractivity contribution in [3.8, 4) is 0 Å². The maximum absolute atomic E-state index is 12.1. The summed E-state index contributed by atoms with van der Waals surface area (Å²) >= 11 is 0. The monoisotopic (exact) mass is 238 g/mol. The van der Waals surface area contributed by atoms with Crippen molar-refractivity contribution >= 4 is 11.9 Å². The molecule has 94 valence electrons. The number of carbonyl (C=O) groups excluding carboxylic acids is 1. The average Bonchev–Trinajstić information content (AvgIpc) is 2.15. The van der Waals surface area contributed by atoms with Crippen molar-refractivity contribution < 1.29 is 19.4 Å². The number of carbonyl (C=O) groups is 2. The molecule has 4 nitrogen and oxygen atoms in total. The summed E-state index contributed by atoms with van der Waals surface area (Å²) < 4.78 is 5.28. The Bertz CT molecular complexity index is 359. The van der Waals surface area contributed by atoms with Gasteiger partial charge in [0, 0.05) is 0 Å². The van der Waals surface area contributed by atoms with Crippen LogP contribution in [0.15, 0.2) is 24.3 Å². The number of ether oxygens (including phenoxy) is 1. The molecule has 1 aliphatic carbocycles. The zero-order valence-corrected chi connectivity index (χ0v) is 10.4. The smallest absolute Gasteiger partial charge is 0.320 e. The van der Waals surface area contributed by atoms with Gasteiger partial charge in [-0.25, -0.2) is 0 Å². The zero-order chi connectivity index (χ0) is 13.1. The normalized spacial score (nSPS) is 17.8. The third-order valence-electron chi connectivity index (χ3n) is 2.33. The molecule has 0 saturated heterocycles. The van der Waals surface area contributed by atoms with Crippen molar-refractivity contribution in [1.29, 1.82) is 0 Å². The molecule has 0 heterocycles. The first-order valence-corrected chi connectivity index (χ1v) is 5.56. The summed E-state index contributed by atoms with van der Waals surface area (Å²) in [6.07, 6.45) is 7.24. The van der Waals surface area contributed by atoms with Gasteiger partial charge in [0.25, 0.3) is 0 Å². The van der Waals surface area contributed by atoms with E-state index in [1.165, 1.54) is 0 Å². The van der Waals surface area contributed by atoms with Gasteiger partial charge in [0.2, 0.25) is 0 Å². The fraction of sp³-hybridized carbons (Fsp3) is 0.538. The number of hydrogen-bond acceptors (Lipinski definition) is 3. The third-order valence-corrected chi connectivity index (χ3v) is 2.33. The predicted molar refractivity (Wildman–Crippen MR) is 63.4 cm³/mol. The Kier molecular flexibility index (Phi) is 3.76. The van der Waals surface area contributed by atoms with Crippen LogP contribution < -0.4 is 0 Å². The first kappa shape index (κ1) is 13.5. The molecule has 0 amide bonds. The van der Waals surface area contributed by atoms with Gasteiger partial charge in [-0.05, 0) is 27.2 Å². The molecule has 0 aliphatic heterocycles. The van der Waals surface area contributed by atoms with Crippen LogP contribution in [0, 0.1) is 5.41 Å². The van der Waals surface area contributed by atoms with Crippen LogP contribution in [0.4, 0.5) is 0 Å². The Labute approximate surface area is 101 Å². The van der Waals surface area contributed by atoms with Crippen molar-refractivity contribution in [3.63, 3.8) is 0 Å². The molecule has 1 N–H and O–H groups in total. The molecule has 0 radical (unpaired) electrons. The lowest BCUT2D eigenvalue weighted by molar-refractivity contribution is -0.165. The molecular formula is C13H18O4. The van der Waals surface area contributed by atoms with E-state index in [-0.39, 0.29) is 6.42 Å². The molecule has 0 aromatic rings. The summed E-state index contributed by atoms with van der Waals surface area (Å²) in [4.78, 5) is 23.0. The molecule has 0 unspecified atom stereocenters. The lowest BCUT2D eigenvalue weighted by Crippen LogP contribution is -2.37. The Morgan fingerprint density at radius 1 is 1.29 bits per heavy atom. The van der Waals surface area contributed by atoms with E-state index in [4.69, 9.17) is 9.84 Å². The van der Waals surface area contributed by atoms with Crippen molar-refractivity contribution in [2.45, 2.75) is 39.2 Å². The fourth-order valence-electron chi connectivity index (χ4n) is 1.64. The molecule has 17 heavy (non-hydrogen) atoms. The van der Waals surface area contributed by atoms with E-state index in [2.05, 4.69) is 0 Å². The second-order valence-corrected chi connectivity index (χ2v) is 5.15. The highest BCUT2D eigenvalue weighted by Crippen LogP contribution is 2.32. The van der Waals surface area contributed by atoms with Gasteiger partial charge in [-0.15, -0.1) is 0 Å². The highest BCUT2D eigenvalue weighted by molar-refractivity contribution is 5.87. The first-order valence-electron chi connectivity index (χ1n) is 5.56. The lowest BCUT2D eigenvalue weighted by atomic mass is 9.81. The molecule has 1 aliphatic rings. The van der Waals surface area contributed by atoms with Crippen molar-refractivity contribution in [1.82, 2.24) is 0 Å². The van der Waals surface area contributed by atoms with E-state index in [1.54, 1.807) is 45.1 Å². The van der Waals surface area contributed by atoms with E-state index in [0.717, 1.165) is 0 Å². The van der Waals surface area contributed by atoms with E-state index in [9.17, 15) is 9.59 Å². The highest BCUT2D eigenvalue weighted by atomic mass is 16.6. The van der Waals surface area contributed by atoms with Crippen molar-refractivity contribution in [2.24, 2.45) is 5.41 Å². The van der Waals surface area contributed by atoms with Gasteiger partial charge >= 0.3 is 11.9 Å². The van der Waals surface area contributed by atoms with Gasteiger partial charge in [-0.3, -0.25) is 9.59 Å². The first-order chi connectivity index (χ1) is 7.75. The van der Waals surface area contributed by atoms with E-state index in [0.29, 0.717) is 6.42 Å². The summed E-state index contributed by atoms with van der Waals surface area (Å²) in [7, 11) is 0. The topological polar surface area (TPSA) is 63.6 Å². The minimum absolute atomic E-state index is 0.283. The lowest BCUT2D eigenvalue weighted by Gasteiger charge is -2.30. The maximum Gasteiger partial charge on any atom is 0.320 e. The SMILES string of the molecule is CC(C)(C)OC(=O)C1(CC(=O)O)C=CCC=C1. The highest BCUT2D eigenvalue weighted by Gasteiger charge is 2.40. The Morgan fingerprint density at radius 2 is 1.82 bits per heavy atom. The zero-order valence-electron chi connectivity index (χ0n) is 10.4. The van der Waals surface area contributed by atoms with Crippen LogP contribution in [0.5, 0.6) is 0 Å². The third kappa shape index (κ3) is 3.73. The molecule has 4 heteroatoms. The van der Waals surface area contributed by atoms with Crippen LogP contribution in [-0.4, -0.2) is 22.6 Å². The molecule has 0 saturated carbocycles. The molecule has 0 spiro atoms. The van der Waals surface area contributed by atoms with Gasteiger partial charge in [0.1, 0.15) is 11.0 Å². The number of allylic oxidation sites excluding steroid dienone is 2. The molecule has 1 rings (SSSR count). The molecule has 0 fully saturated rings. The van der Waals surface area contributed by atoms with Gasteiger partial charge in [0.05, 0.1) is 6.42 Å². The Balaban J connectivity index is 2.95. The van der Waals surface area contributed by atoms with E-state index < -0.39 is 23.0 Å².